The largest absolute Gasteiger partial charge is 0.477 e. The monoisotopic (exact) mass is 295 g/mol. The fourth-order valence-corrected chi connectivity index (χ4v) is 2.47. The molecule has 0 fully saturated rings. The first kappa shape index (κ1) is 14.1. The molecule has 0 aromatic carbocycles. The number of hydrogen-bond acceptors (Lipinski definition) is 6. The van der Waals surface area contributed by atoms with Gasteiger partial charge < -0.3 is 10.1 Å². The number of nitrogens with one attached hydrogen (secondary N) is 2. The van der Waals surface area contributed by atoms with Crippen LogP contribution in [0.15, 0.2) is 6.33 Å². The van der Waals surface area contributed by atoms with Crippen LogP contribution in [0.1, 0.15) is 39.8 Å². The Morgan fingerprint density at radius 3 is 2.85 bits per heavy atom. The van der Waals surface area contributed by atoms with E-state index in [4.69, 9.17) is 5.11 Å². The van der Waals surface area contributed by atoms with Crippen molar-refractivity contribution >= 4 is 28.3 Å². The summed E-state index contributed by atoms with van der Waals surface area (Å²) in [6, 6.07) is 0. The first-order valence-electron chi connectivity index (χ1n) is 5.87. The molecule has 2 aromatic rings. The molecule has 0 spiro atoms. The summed E-state index contributed by atoms with van der Waals surface area (Å²) >= 11 is 1.26. The van der Waals surface area contributed by atoms with Gasteiger partial charge in [-0.2, -0.15) is 0 Å². The number of carboxylic acids is 1. The molecule has 2 aromatic heterocycles. The first-order chi connectivity index (χ1) is 9.47. The second kappa shape index (κ2) is 5.78. The number of amides is 1. The molecule has 0 radical (unpaired) electrons. The highest BCUT2D eigenvalue weighted by Crippen LogP contribution is 2.19. The lowest BCUT2D eigenvalue weighted by atomic mass is 10.1. The van der Waals surface area contributed by atoms with Gasteiger partial charge in [0.15, 0.2) is 11.4 Å². The molecule has 20 heavy (non-hydrogen) atoms. The van der Waals surface area contributed by atoms with E-state index in [9.17, 15) is 9.59 Å². The summed E-state index contributed by atoms with van der Waals surface area (Å²) < 4.78 is 0. The van der Waals surface area contributed by atoms with Gasteiger partial charge in [0.2, 0.25) is 5.13 Å². The summed E-state index contributed by atoms with van der Waals surface area (Å²) in [5.74, 6) is -1.43. The number of nitrogens with zero attached hydrogens (tertiary/aromatic N) is 3. The Kier molecular flexibility index (Phi) is 4.08. The van der Waals surface area contributed by atoms with Crippen molar-refractivity contribution in [2.45, 2.75) is 20.3 Å². The summed E-state index contributed by atoms with van der Waals surface area (Å²) in [5.41, 5.74) is -0.437. The zero-order valence-electron chi connectivity index (χ0n) is 10.9. The van der Waals surface area contributed by atoms with E-state index < -0.39 is 11.9 Å². The highest BCUT2D eigenvalue weighted by molar-refractivity contribution is 7.15. The summed E-state index contributed by atoms with van der Waals surface area (Å²) in [6.45, 7) is 4.12. The third-order valence-corrected chi connectivity index (χ3v) is 3.20. The number of rotatable bonds is 5. The van der Waals surface area contributed by atoms with Crippen molar-refractivity contribution < 1.29 is 14.7 Å². The van der Waals surface area contributed by atoms with Gasteiger partial charge in [0, 0.05) is 6.42 Å². The van der Waals surface area contributed by atoms with E-state index in [1.54, 1.807) is 0 Å². The van der Waals surface area contributed by atoms with Crippen LogP contribution in [0.3, 0.4) is 0 Å². The third kappa shape index (κ3) is 3.18. The second-order valence-corrected chi connectivity index (χ2v) is 5.55. The minimum absolute atomic E-state index is 0.182. The fraction of sp³-hybridized carbons (Fsp3) is 0.364. The van der Waals surface area contributed by atoms with E-state index in [-0.39, 0.29) is 11.4 Å². The van der Waals surface area contributed by atoms with Crippen LogP contribution >= 0.6 is 11.3 Å². The second-order valence-electron chi connectivity index (χ2n) is 4.48. The van der Waals surface area contributed by atoms with Crippen LogP contribution in [0.25, 0.3) is 0 Å². The van der Waals surface area contributed by atoms with Crippen molar-refractivity contribution in [2.75, 3.05) is 5.32 Å². The van der Waals surface area contributed by atoms with E-state index >= 15 is 0 Å². The van der Waals surface area contributed by atoms with Crippen molar-refractivity contribution in [3.63, 3.8) is 0 Å². The molecule has 0 bridgehead atoms. The van der Waals surface area contributed by atoms with E-state index in [0.717, 1.165) is 17.8 Å². The lowest BCUT2D eigenvalue weighted by Gasteiger charge is -1.99. The van der Waals surface area contributed by atoms with Gasteiger partial charge in [-0.25, -0.2) is 9.78 Å². The predicted octanol–water partition coefficient (Wildman–Crippen LogP) is 1.41. The molecule has 2 rings (SSSR count). The third-order valence-electron chi connectivity index (χ3n) is 2.34. The molecule has 0 aliphatic rings. The summed E-state index contributed by atoms with van der Waals surface area (Å²) in [6.07, 6.45) is 1.93. The zero-order valence-corrected chi connectivity index (χ0v) is 11.7. The standard InChI is InChI=1S/C11H13N5O3S/c1-5(2)3-6-15-16-11(20-6)14-9(17)7-8(10(18)19)13-4-12-7/h4-5H,3H2,1-2H3,(H,12,13)(H,18,19)(H,14,16,17). The lowest BCUT2D eigenvalue weighted by molar-refractivity contribution is 0.0686. The maximum absolute atomic E-state index is 11.9. The molecule has 2 heterocycles. The molecular weight excluding hydrogens is 282 g/mol. The van der Waals surface area contributed by atoms with Crippen LogP contribution in [-0.2, 0) is 6.42 Å². The molecule has 0 saturated heterocycles. The Morgan fingerprint density at radius 1 is 1.45 bits per heavy atom. The maximum atomic E-state index is 11.9. The van der Waals surface area contributed by atoms with Gasteiger partial charge in [-0.1, -0.05) is 25.2 Å². The maximum Gasteiger partial charge on any atom is 0.354 e. The molecule has 0 unspecified atom stereocenters. The number of carbonyl (C=O) groups is 2. The van der Waals surface area contributed by atoms with Gasteiger partial charge in [0.1, 0.15) is 5.01 Å². The predicted molar refractivity (Wildman–Crippen MR) is 72.0 cm³/mol. The van der Waals surface area contributed by atoms with E-state index in [1.807, 2.05) is 0 Å². The van der Waals surface area contributed by atoms with Gasteiger partial charge in [-0.3, -0.25) is 10.1 Å². The zero-order chi connectivity index (χ0) is 14.7. The van der Waals surface area contributed by atoms with Crippen molar-refractivity contribution in [3.05, 3.63) is 22.7 Å². The Hall–Kier alpha value is -2.29. The number of anilines is 1. The van der Waals surface area contributed by atoms with Crippen LogP contribution in [0, 0.1) is 5.92 Å². The Morgan fingerprint density at radius 2 is 2.20 bits per heavy atom. The lowest BCUT2D eigenvalue weighted by Crippen LogP contribution is -2.16. The van der Waals surface area contributed by atoms with Gasteiger partial charge in [-0.15, -0.1) is 10.2 Å². The summed E-state index contributed by atoms with van der Waals surface area (Å²) in [7, 11) is 0. The van der Waals surface area contributed by atoms with E-state index in [2.05, 4.69) is 39.3 Å². The Balaban J connectivity index is 2.09. The quantitative estimate of drug-likeness (QED) is 0.766. The molecule has 3 N–H and O–H groups in total. The van der Waals surface area contributed by atoms with Crippen molar-refractivity contribution in [3.8, 4) is 0 Å². The van der Waals surface area contributed by atoms with E-state index in [1.165, 1.54) is 11.3 Å². The van der Waals surface area contributed by atoms with Gasteiger partial charge in [-0.05, 0) is 5.92 Å². The highest BCUT2D eigenvalue weighted by Gasteiger charge is 2.20. The van der Waals surface area contributed by atoms with Crippen LogP contribution in [0.2, 0.25) is 0 Å². The van der Waals surface area contributed by atoms with Crippen LogP contribution in [0.5, 0.6) is 0 Å². The first-order valence-corrected chi connectivity index (χ1v) is 6.69. The minimum atomic E-state index is -1.24. The Labute approximate surface area is 118 Å². The number of imidazole rings is 1. The van der Waals surface area contributed by atoms with Crippen LogP contribution < -0.4 is 5.32 Å². The number of aromatic carboxylic acids is 1. The summed E-state index contributed by atoms with van der Waals surface area (Å²) in [4.78, 5) is 28.9. The molecule has 8 nitrogen and oxygen atoms in total. The van der Waals surface area contributed by atoms with Gasteiger partial charge in [0.05, 0.1) is 6.33 Å². The molecule has 0 aliphatic carbocycles. The molecule has 9 heteroatoms. The number of carbonyl (C=O) groups excluding carboxylic acids is 1. The van der Waals surface area contributed by atoms with Crippen molar-refractivity contribution in [2.24, 2.45) is 5.92 Å². The number of carboxylic acid groups (broad SMARTS) is 1. The smallest absolute Gasteiger partial charge is 0.354 e. The van der Waals surface area contributed by atoms with E-state index in [0.29, 0.717) is 11.0 Å². The van der Waals surface area contributed by atoms with Gasteiger partial charge >= 0.3 is 5.97 Å². The fourth-order valence-electron chi connectivity index (χ4n) is 1.52. The van der Waals surface area contributed by atoms with Crippen molar-refractivity contribution in [1.82, 2.24) is 20.2 Å². The molecule has 0 atom stereocenters. The highest BCUT2D eigenvalue weighted by atomic mass is 32.1. The average Bonchev–Trinajstić information content (AvgIpc) is 2.96. The number of hydrogen-bond donors (Lipinski definition) is 3. The number of aromatic amines is 1. The molecular formula is C11H13N5O3S. The van der Waals surface area contributed by atoms with Gasteiger partial charge in [0.25, 0.3) is 5.91 Å². The van der Waals surface area contributed by atoms with Crippen LogP contribution in [-0.4, -0.2) is 37.1 Å². The molecule has 1 amide bonds. The molecule has 106 valence electrons. The topological polar surface area (TPSA) is 121 Å². The number of aromatic nitrogens is 4. The summed E-state index contributed by atoms with van der Waals surface area (Å²) in [5, 5.41) is 20.3. The normalized spacial score (nSPS) is 10.8. The SMILES string of the molecule is CC(C)Cc1nnc(NC(=O)c2nc[nH]c2C(=O)O)s1. The van der Waals surface area contributed by atoms with Crippen molar-refractivity contribution in [1.29, 1.82) is 0 Å². The number of H-pyrrole nitrogens is 1. The minimum Gasteiger partial charge on any atom is -0.477 e. The average molecular weight is 295 g/mol. The van der Waals surface area contributed by atoms with Crippen LogP contribution in [0.4, 0.5) is 5.13 Å². The Bertz CT molecular complexity index is 634. The molecule has 0 aliphatic heterocycles. The molecule has 0 saturated carbocycles.